The summed E-state index contributed by atoms with van der Waals surface area (Å²) in [6.07, 6.45) is -2.82. The molecular weight excluding hydrogens is 285 g/mol. The molecule has 0 unspecified atom stereocenters. The molecule has 1 rings (SSSR count). The first-order valence-electron chi connectivity index (χ1n) is 6.72. The lowest BCUT2D eigenvalue weighted by atomic mass is 10.2. The predicted molar refractivity (Wildman–Crippen MR) is 74.0 cm³/mol. The number of halogens is 3. The number of anilines is 1. The molecule has 7 heteroatoms. The van der Waals surface area contributed by atoms with Crippen LogP contribution >= 0.6 is 0 Å². The van der Waals surface area contributed by atoms with Gasteiger partial charge in [0.05, 0.1) is 12.2 Å². The van der Waals surface area contributed by atoms with Gasteiger partial charge in [-0.1, -0.05) is 19.4 Å². The van der Waals surface area contributed by atoms with Gasteiger partial charge >= 0.3 is 12.2 Å². The fourth-order valence-electron chi connectivity index (χ4n) is 1.76. The van der Waals surface area contributed by atoms with E-state index >= 15 is 0 Å². The van der Waals surface area contributed by atoms with E-state index in [4.69, 9.17) is 5.11 Å². The molecule has 2 N–H and O–H groups in total. The van der Waals surface area contributed by atoms with Crippen LogP contribution in [0.15, 0.2) is 24.3 Å². The van der Waals surface area contributed by atoms with Crippen molar-refractivity contribution in [3.63, 3.8) is 0 Å². The number of alkyl halides is 3. The van der Waals surface area contributed by atoms with E-state index in [0.717, 1.165) is 25.0 Å². The van der Waals surface area contributed by atoms with Gasteiger partial charge in [0.15, 0.2) is 0 Å². The number of unbranched alkanes of at least 4 members (excludes halogenated alkanes) is 1. The first-order chi connectivity index (χ1) is 9.88. The van der Waals surface area contributed by atoms with E-state index in [2.05, 4.69) is 5.32 Å². The SMILES string of the molecule is CCCCN(CCO)C(=O)Nc1cccc(C(F)(F)F)c1. The molecule has 1 aromatic carbocycles. The summed E-state index contributed by atoms with van der Waals surface area (Å²) < 4.78 is 37.8. The first-order valence-corrected chi connectivity index (χ1v) is 6.72. The van der Waals surface area contributed by atoms with E-state index in [-0.39, 0.29) is 18.8 Å². The molecule has 0 aromatic heterocycles. The van der Waals surface area contributed by atoms with Crippen LogP contribution in [-0.4, -0.2) is 35.7 Å². The van der Waals surface area contributed by atoms with Crippen molar-refractivity contribution in [1.29, 1.82) is 0 Å². The van der Waals surface area contributed by atoms with Crippen molar-refractivity contribution >= 4 is 11.7 Å². The second-order valence-electron chi connectivity index (χ2n) is 4.57. The van der Waals surface area contributed by atoms with Crippen LogP contribution in [0.5, 0.6) is 0 Å². The Balaban J connectivity index is 2.76. The largest absolute Gasteiger partial charge is 0.416 e. The second kappa shape index (κ2) is 7.87. The quantitative estimate of drug-likeness (QED) is 0.847. The van der Waals surface area contributed by atoms with E-state index < -0.39 is 17.8 Å². The predicted octanol–water partition coefficient (Wildman–Crippen LogP) is 3.33. The molecule has 2 amide bonds. The smallest absolute Gasteiger partial charge is 0.395 e. The second-order valence-corrected chi connectivity index (χ2v) is 4.57. The molecule has 0 aliphatic carbocycles. The maximum Gasteiger partial charge on any atom is 0.416 e. The van der Waals surface area contributed by atoms with Crippen molar-refractivity contribution in [3.8, 4) is 0 Å². The molecule has 0 aliphatic heterocycles. The number of nitrogens with zero attached hydrogens (tertiary/aromatic N) is 1. The van der Waals surface area contributed by atoms with Crippen molar-refractivity contribution in [2.75, 3.05) is 25.0 Å². The molecule has 0 spiro atoms. The van der Waals surface area contributed by atoms with Gasteiger partial charge in [-0.05, 0) is 24.6 Å². The Kier molecular flexibility index (Phi) is 6.48. The molecule has 0 heterocycles. The Hall–Kier alpha value is -1.76. The van der Waals surface area contributed by atoms with E-state index in [1.807, 2.05) is 6.92 Å². The van der Waals surface area contributed by atoms with Gasteiger partial charge in [0.1, 0.15) is 0 Å². The highest BCUT2D eigenvalue weighted by molar-refractivity contribution is 5.89. The molecule has 0 fully saturated rings. The summed E-state index contributed by atoms with van der Waals surface area (Å²) in [5.74, 6) is 0. The highest BCUT2D eigenvalue weighted by Gasteiger charge is 2.30. The number of aliphatic hydroxyl groups is 1. The number of urea groups is 1. The van der Waals surface area contributed by atoms with Crippen molar-refractivity contribution in [2.24, 2.45) is 0 Å². The maximum atomic E-state index is 12.6. The van der Waals surface area contributed by atoms with Crippen molar-refractivity contribution in [2.45, 2.75) is 25.9 Å². The number of benzene rings is 1. The monoisotopic (exact) mass is 304 g/mol. The minimum absolute atomic E-state index is 0.0780. The number of rotatable bonds is 6. The van der Waals surface area contributed by atoms with Crippen LogP contribution in [0.25, 0.3) is 0 Å². The molecule has 118 valence electrons. The van der Waals surface area contributed by atoms with Crippen LogP contribution in [0.4, 0.5) is 23.7 Å². The summed E-state index contributed by atoms with van der Waals surface area (Å²) >= 11 is 0. The highest BCUT2D eigenvalue weighted by Crippen LogP contribution is 2.30. The van der Waals surface area contributed by atoms with Crippen LogP contribution in [0.1, 0.15) is 25.3 Å². The molecule has 0 saturated heterocycles. The van der Waals surface area contributed by atoms with E-state index in [1.54, 1.807) is 0 Å². The van der Waals surface area contributed by atoms with Gasteiger partial charge in [0.25, 0.3) is 0 Å². The highest BCUT2D eigenvalue weighted by atomic mass is 19.4. The Morgan fingerprint density at radius 1 is 1.33 bits per heavy atom. The minimum atomic E-state index is -4.45. The number of aliphatic hydroxyl groups excluding tert-OH is 1. The topological polar surface area (TPSA) is 52.6 Å². The lowest BCUT2D eigenvalue weighted by Crippen LogP contribution is -2.37. The standard InChI is InChI=1S/C14H19F3N2O2/c1-2-3-7-19(8-9-20)13(21)18-12-6-4-5-11(10-12)14(15,16)17/h4-6,10,20H,2-3,7-9H2,1H3,(H,18,21). The summed E-state index contributed by atoms with van der Waals surface area (Å²) in [5, 5.41) is 11.4. The summed E-state index contributed by atoms with van der Waals surface area (Å²) in [5.41, 5.74) is -0.739. The van der Waals surface area contributed by atoms with Gasteiger partial charge in [0.2, 0.25) is 0 Å². The fraction of sp³-hybridized carbons (Fsp3) is 0.500. The Morgan fingerprint density at radius 3 is 2.62 bits per heavy atom. The third-order valence-electron chi connectivity index (χ3n) is 2.88. The van der Waals surface area contributed by atoms with Gasteiger partial charge < -0.3 is 15.3 Å². The molecule has 1 aromatic rings. The zero-order valence-electron chi connectivity index (χ0n) is 11.8. The molecular formula is C14H19F3N2O2. The number of nitrogens with one attached hydrogen (secondary N) is 1. The molecule has 0 bridgehead atoms. The van der Waals surface area contributed by atoms with Gasteiger partial charge in [0, 0.05) is 18.8 Å². The fourth-order valence-corrected chi connectivity index (χ4v) is 1.76. The van der Waals surface area contributed by atoms with Crippen LogP contribution in [0.2, 0.25) is 0 Å². The zero-order chi connectivity index (χ0) is 15.9. The van der Waals surface area contributed by atoms with Crippen LogP contribution in [0.3, 0.4) is 0 Å². The number of hydrogen-bond acceptors (Lipinski definition) is 2. The zero-order valence-corrected chi connectivity index (χ0v) is 11.8. The lowest BCUT2D eigenvalue weighted by Gasteiger charge is -2.22. The summed E-state index contributed by atoms with van der Waals surface area (Å²) in [7, 11) is 0. The van der Waals surface area contributed by atoms with Crippen LogP contribution in [-0.2, 0) is 6.18 Å². The van der Waals surface area contributed by atoms with E-state index in [1.165, 1.54) is 17.0 Å². The van der Waals surface area contributed by atoms with Gasteiger partial charge in [-0.3, -0.25) is 0 Å². The number of amides is 2. The minimum Gasteiger partial charge on any atom is -0.395 e. The maximum absolute atomic E-state index is 12.6. The molecule has 21 heavy (non-hydrogen) atoms. The van der Waals surface area contributed by atoms with Gasteiger partial charge in [-0.2, -0.15) is 13.2 Å². The average Bonchev–Trinajstić information content (AvgIpc) is 2.42. The number of carbonyl (C=O) groups excluding carboxylic acids is 1. The van der Waals surface area contributed by atoms with Crippen LogP contribution in [0, 0.1) is 0 Å². The van der Waals surface area contributed by atoms with Crippen molar-refractivity contribution in [1.82, 2.24) is 4.90 Å². The molecule has 0 aliphatic rings. The first kappa shape index (κ1) is 17.3. The summed E-state index contributed by atoms with van der Waals surface area (Å²) in [6.45, 7) is 2.36. The number of hydrogen-bond donors (Lipinski definition) is 2. The third kappa shape index (κ3) is 5.63. The molecule has 0 saturated carbocycles. The normalized spacial score (nSPS) is 11.3. The van der Waals surface area contributed by atoms with E-state index in [9.17, 15) is 18.0 Å². The average molecular weight is 304 g/mol. The summed E-state index contributed by atoms with van der Waals surface area (Å²) in [6, 6.07) is 3.94. The van der Waals surface area contributed by atoms with Crippen molar-refractivity contribution in [3.05, 3.63) is 29.8 Å². The summed E-state index contributed by atoms with van der Waals surface area (Å²) in [4.78, 5) is 13.4. The Bertz CT molecular complexity index is 464. The van der Waals surface area contributed by atoms with Gasteiger partial charge in [-0.15, -0.1) is 0 Å². The Morgan fingerprint density at radius 2 is 2.05 bits per heavy atom. The lowest BCUT2D eigenvalue weighted by molar-refractivity contribution is -0.137. The molecule has 0 atom stereocenters. The Labute approximate surface area is 121 Å². The number of carbonyl (C=O) groups is 1. The van der Waals surface area contributed by atoms with E-state index in [0.29, 0.717) is 6.54 Å². The van der Waals surface area contributed by atoms with Crippen molar-refractivity contribution < 1.29 is 23.1 Å². The van der Waals surface area contributed by atoms with Gasteiger partial charge in [-0.25, -0.2) is 4.79 Å². The molecule has 4 nitrogen and oxygen atoms in total. The molecule has 0 radical (unpaired) electrons. The third-order valence-corrected chi connectivity index (χ3v) is 2.88. The van der Waals surface area contributed by atoms with Crippen LogP contribution < -0.4 is 5.32 Å².